The van der Waals surface area contributed by atoms with Crippen molar-refractivity contribution in [3.63, 3.8) is 0 Å². The minimum Gasteiger partial charge on any atom is -0.323 e. The molecule has 1 heterocycles. The molecule has 3 amide bonds. The van der Waals surface area contributed by atoms with Gasteiger partial charge in [-0.15, -0.1) is 0 Å². The van der Waals surface area contributed by atoms with E-state index < -0.39 is 11.6 Å². The number of carbonyl (C=O) groups excluding carboxylic acids is 2. The lowest BCUT2D eigenvalue weighted by Gasteiger charge is -2.33. The molecule has 1 aliphatic heterocycles. The van der Waals surface area contributed by atoms with Crippen LogP contribution in [0.1, 0.15) is 32.6 Å². The molecule has 0 radical (unpaired) electrons. The van der Waals surface area contributed by atoms with Crippen molar-refractivity contribution >= 4 is 11.9 Å². The van der Waals surface area contributed by atoms with E-state index in [0.29, 0.717) is 18.8 Å². The van der Waals surface area contributed by atoms with Crippen molar-refractivity contribution in [3.05, 3.63) is 0 Å². The fourth-order valence-corrected chi connectivity index (χ4v) is 2.48. The number of hydrogen-bond donors (Lipinski definition) is 1. The van der Waals surface area contributed by atoms with Gasteiger partial charge in [0.1, 0.15) is 12.1 Å². The van der Waals surface area contributed by atoms with E-state index in [0.717, 1.165) is 17.7 Å². The van der Waals surface area contributed by atoms with Gasteiger partial charge < -0.3 is 5.32 Å². The molecule has 0 aromatic rings. The minimum atomic E-state index is -0.708. The van der Waals surface area contributed by atoms with E-state index in [1.165, 1.54) is 0 Å². The minimum absolute atomic E-state index is 0.151. The smallest absolute Gasteiger partial charge is 0.323 e. The van der Waals surface area contributed by atoms with E-state index in [4.69, 9.17) is 5.26 Å². The standard InChI is InChI=1S/C11H15N3O2/c1-8-2-4-11(5-3-8)9(15)14(7-6-12)10(16)13-11/h8H,2-5,7H2,1H3,(H,13,16). The van der Waals surface area contributed by atoms with Crippen LogP contribution in [0.2, 0.25) is 0 Å². The Morgan fingerprint density at radius 1 is 1.50 bits per heavy atom. The SMILES string of the molecule is CC1CCC2(CC1)NC(=O)N(CC#N)C2=O. The summed E-state index contributed by atoms with van der Waals surface area (Å²) in [5, 5.41) is 11.3. The Hall–Kier alpha value is -1.57. The fraction of sp³-hybridized carbons (Fsp3) is 0.727. The quantitative estimate of drug-likeness (QED) is 0.530. The number of imide groups is 1. The predicted octanol–water partition coefficient (Wildman–Crippen LogP) is 1.01. The highest BCUT2D eigenvalue weighted by Crippen LogP contribution is 2.36. The first-order valence-electron chi connectivity index (χ1n) is 5.60. The van der Waals surface area contributed by atoms with Crippen LogP contribution < -0.4 is 5.32 Å². The fourth-order valence-electron chi connectivity index (χ4n) is 2.48. The zero-order valence-electron chi connectivity index (χ0n) is 9.32. The molecule has 0 bridgehead atoms. The number of nitrogens with zero attached hydrogens (tertiary/aromatic N) is 2. The van der Waals surface area contributed by atoms with Crippen molar-refractivity contribution in [1.82, 2.24) is 10.2 Å². The van der Waals surface area contributed by atoms with Crippen LogP contribution >= 0.6 is 0 Å². The second kappa shape index (κ2) is 3.78. The molecule has 0 unspecified atom stereocenters. The summed E-state index contributed by atoms with van der Waals surface area (Å²) in [4.78, 5) is 24.7. The van der Waals surface area contributed by atoms with Gasteiger partial charge in [0.05, 0.1) is 6.07 Å². The molecule has 2 rings (SSSR count). The van der Waals surface area contributed by atoms with E-state index in [1.807, 2.05) is 6.07 Å². The van der Waals surface area contributed by atoms with E-state index in [1.54, 1.807) is 0 Å². The van der Waals surface area contributed by atoms with Gasteiger partial charge in [-0.3, -0.25) is 4.79 Å². The molecule has 1 N–H and O–H groups in total. The van der Waals surface area contributed by atoms with Crippen LogP contribution in [0.3, 0.4) is 0 Å². The molecular weight excluding hydrogens is 206 g/mol. The molecule has 0 aromatic carbocycles. The lowest BCUT2D eigenvalue weighted by Crippen LogP contribution is -2.49. The highest BCUT2D eigenvalue weighted by Gasteiger charge is 2.51. The lowest BCUT2D eigenvalue weighted by molar-refractivity contribution is -0.132. The molecule has 2 aliphatic rings. The maximum Gasteiger partial charge on any atom is 0.325 e. The van der Waals surface area contributed by atoms with Gasteiger partial charge in [-0.05, 0) is 31.6 Å². The number of nitrogens with one attached hydrogen (secondary N) is 1. The third-order valence-electron chi connectivity index (χ3n) is 3.60. The first kappa shape index (κ1) is 10.9. The summed E-state index contributed by atoms with van der Waals surface area (Å²) in [7, 11) is 0. The Morgan fingerprint density at radius 2 is 2.12 bits per heavy atom. The predicted molar refractivity (Wildman–Crippen MR) is 56.2 cm³/mol. The van der Waals surface area contributed by atoms with Crippen LogP contribution in [0.4, 0.5) is 4.79 Å². The Kier molecular flexibility index (Phi) is 2.58. The Bertz CT molecular complexity index is 364. The largest absolute Gasteiger partial charge is 0.325 e. The van der Waals surface area contributed by atoms with E-state index in [9.17, 15) is 9.59 Å². The number of carbonyl (C=O) groups is 2. The number of amides is 3. The molecule has 5 heteroatoms. The topological polar surface area (TPSA) is 73.2 Å². The average molecular weight is 221 g/mol. The van der Waals surface area contributed by atoms with E-state index >= 15 is 0 Å². The zero-order valence-corrected chi connectivity index (χ0v) is 9.32. The molecule has 1 aliphatic carbocycles. The Morgan fingerprint density at radius 3 is 2.69 bits per heavy atom. The zero-order chi connectivity index (χ0) is 11.8. The summed E-state index contributed by atoms with van der Waals surface area (Å²) in [5.41, 5.74) is -0.708. The molecule has 0 aromatic heterocycles. The first-order valence-corrected chi connectivity index (χ1v) is 5.60. The van der Waals surface area contributed by atoms with Crippen molar-refractivity contribution in [3.8, 4) is 6.07 Å². The van der Waals surface area contributed by atoms with Gasteiger partial charge in [-0.1, -0.05) is 6.92 Å². The van der Waals surface area contributed by atoms with Crippen molar-refractivity contribution < 1.29 is 9.59 Å². The van der Waals surface area contributed by atoms with Gasteiger partial charge in [0, 0.05) is 0 Å². The first-order chi connectivity index (χ1) is 7.59. The van der Waals surface area contributed by atoms with E-state index in [-0.39, 0.29) is 12.5 Å². The monoisotopic (exact) mass is 221 g/mol. The number of rotatable bonds is 1. The van der Waals surface area contributed by atoms with Gasteiger partial charge in [0.25, 0.3) is 5.91 Å². The lowest BCUT2D eigenvalue weighted by atomic mass is 9.77. The van der Waals surface area contributed by atoms with Crippen LogP contribution in [0.25, 0.3) is 0 Å². The summed E-state index contributed by atoms with van der Waals surface area (Å²) in [6.45, 7) is 2.00. The molecule has 1 saturated heterocycles. The van der Waals surface area contributed by atoms with Crippen LogP contribution in [0.5, 0.6) is 0 Å². The highest BCUT2D eigenvalue weighted by atomic mass is 16.2. The van der Waals surface area contributed by atoms with Crippen molar-refractivity contribution in [2.24, 2.45) is 5.92 Å². The summed E-state index contributed by atoms with van der Waals surface area (Å²) >= 11 is 0. The van der Waals surface area contributed by atoms with Gasteiger partial charge >= 0.3 is 6.03 Å². The van der Waals surface area contributed by atoms with E-state index in [2.05, 4.69) is 12.2 Å². The third-order valence-corrected chi connectivity index (χ3v) is 3.60. The maximum atomic E-state index is 12.1. The second-order valence-electron chi connectivity index (χ2n) is 4.74. The van der Waals surface area contributed by atoms with Crippen LogP contribution in [-0.4, -0.2) is 28.9 Å². The molecule has 1 spiro atoms. The molecular formula is C11H15N3O2. The van der Waals surface area contributed by atoms with Gasteiger partial charge in [0.15, 0.2) is 0 Å². The number of hydrogen-bond acceptors (Lipinski definition) is 3. The van der Waals surface area contributed by atoms with Crippen molar-refractivity contribution in [2.75, 3.05) is 6.54 Å². The highest BCUT2D eigenvalue weighted by molar-refractivity contribution is 6.07. The van der Waals surface area contributed by atoms with Gasteiger partial charge in [-0.25, -0.2) is 9.69 Å². The molecule has 86 valence electrons. The Labute approximate surface area is 94.4 Å². The van der Waals surface area contributed by atoms with Crippen LogP contribution in [0, 0.1) is 17.2 Å². The van der Waals surface area contributed by atoms with Gasteiger partial charge in [-0.2, -0.15) is 5.26 Å². The van der Waals surface area contributed by atoms with Crippen LogP contribution in [0.15, 0.2) is 0 Å². The third kappa shape index (κ3) is 1.54. The average Bonchev–Trinajstić information content (AvgIpc) is 2.49. The van der Waals surface area contributed by atoms with Crippen LogP contribution in [-0.2, 0) is 4.79 Å². The molecule has 16 heavy (non-hydrogen) atoms. The summed E-state index contributed by atoms with van der Waals surface area (Å²) in [6, 6.07) is 1.43. The Balaban J connectivity index is 2.17. The molecule has 1 saturated carbocycles. The van der Waals surface area contributed by atoms with Gasteiger partial charge in [0.2, 0.25) is 0 Å². The maximum absolute atomic E-state index is 12.1. The summed E-state index contributed by atoms with van der Waals surface area (Å²) in [5.74, 6) is 0.395. The molecule has 5 nitrogen and oxygen atoms in total. The van der Waals surface area contributed by atoms with Crippen molar-refractivity contribution in [2.45, 2.75) is 38.1 Å². The molecule has 0 atom stereocenters. The normalized spacial score (nSPS) is 34.0. The van der Waals surface area contributed by atoms with Crippen molar-refractivity contribution in [1.29, 1.82) is 5.26 Å². The molecule has 2 fully saturated rings. The number of urea groups is 1. The summed E-state index contributed by atoms with van der Waals surface area (Å²) < 4.78 is 0. The second-order valence-corrected chi connectivity index (χ2v) is 4.74. The summed E-state index contributed by atoms with van der Waals surface area (Å²) in [6.07, 6.45) is 3.29. The number of nitriles is 1.